The number of carbonyl (C=O) groups is 1. The molecule has 0 saturated carbocycles. The number of amides is 1. The minimum atomic E-state index is -0.628. The molecule has 11 heteroatoms. The van der Waals surface area contributed by atoms with Crippen LogP contribution in [0.25, 0.3) is 10.9 Å². The van der Waals surface area contributed by atoms with Crippen LogP contribution in [0.15, 0.2) is 50.5 Å². The number of fused-ring (bicyclic) bond motifs is 2. The lowest BCUT2D eigenvalue weighted by Crippen LogP contribution is -2.42. The first-order valence-corrected chi connectivity index (χ1v) is 11.2. The molecule has 1 amide bonds. The highest BCUT2D eigenvalue weighted by Gasteiger charge is 2.22. The van der Waals surface area contributed by atoms with Crippen molar-refractivity contribution in [1.82, 2.24) is 19.3 Å². The molecule has 1 N–H and O–H groups in total. The largest absolute Gasteiger partial charge is 0.454 e. The van der Waals surface area contributed by atoms with Crippen LogP contribution in [0.5, 0.6) is 11.5 Å². The third-order valence-corrected chi connectivity index (χ3v) is 5.81. The van der Waals surface area contributed by atoms with Crippen molar-refractivity contribution in [1.29, 1.82) is 0 Å². The smallest absolute Gasteiger partial charge is 0.331 e. The van der Waals surface area contributed by atoms with E-state index in [0.29, 0.717) is 28.9 Å². The molecule has 35 heavy (non-hydrogen) atoms. The van der Waals surface area contributed by atoms with Gasteiger partial charge in [-0.15, -0.1) is 0 Å². The molecule has 4 aromatic rings. The van der Waals surface area contributed by atoms with Crippen molar-refractivity contribution in [3.8, 4) is 11.5 Å². The minimum Gasteiger partial charge on any atom is -0.454 e. The van der Waals surface area contributed by atoms with Crippen LogP contribution in [0.2, 0.25) is 0 Å². The summed E-state index contributed by atoms with van der Waals surface area (Å²) in [5.41, 5.74) is 0.799. The Bertz CT molecular complexity index is 1550. The standard InChI is InChI=1S/C24H23N5O6/c1-3-15-6-4-5-7-17(15)26-21(30)12-29-18-11-20-19(33-13-34-20)10-16(18)23(31)28(24(29)32)9-8-22-25-14(2)27-35-22/h4-7,10-11H,3,8-9,12-13H2,1-2H3,(H,26,30). The lowest BCUT2D eigenvalue weighted by atomic mass is 10.1. The van der Waals surface area contributed by atoms with Crippen LogP contribution in [-0.4, -0.2) is 32.0 Å². The molecule has 1 aliphatic heterocycles. The number of hydrogen-bond donors (Lipinski definition) is 1. The molecule has 0 saturated heterocycles. The molecule has 0 unspecified atom stereocenters. The number of benzene rings is 2. The molecule has 0 aliphatic carbocycles. The van der Waals surface area contributed by atoms with Gasteiger partial charge in [-0.25, -0.2) is 4.79 Å². The predicted octanol–water partition coefficient (Wildman–Crippen LogP) is 2.03. The first-order valence-electron chi connectivity index (χ1n) is 11.2. The van der Waals surface area contributed by atoms with Crippen LogP contribution in [-0.2, 0) is 30.7 Å². The number of para-hydroxylation sites is 1. The Hall–Kier alpha value is -4.41. The van der Waals surface area contributed by atoms with E-state index < -0.39 is 17.2 Å². The maximum Gasteiger partial charge on any atom is 0.331 e. The summed E-state index contributed by atoms with van der Waals surface area (Å²) in [6.07, 6.45) is 0.922. The van der Waals surface area contributed by atoms with E-state index in [1.165, 1.54) is 10.6 Å². The molecule has 1 aliphatic rings. The van der Waals surface area contributed by atoms with Gasteiger partial charge < -0.3 is 19.3 Å². The van der Waals surface area contributed by atoms with Crippen molar-refractivity contribution in [2.45, 2.75) is 39.8 Å². The van der Waals surface area contributed by atoms with Gasteiger partial charge in [0.15, 0.2) is 17.3 Å². The zero-order valence-corrected chi connectivity index (χ0v) is 19.2. The molecule has 0 spiro atoms. The minimum absolute atomic E-state index is 0.00394. The quantitative estimate of drug-likeness (QED) is 0.428. The van der Waals surface area contributed by atoms with Gasteiger partial charge in [0.25, 0.3) is 5.56 Å². The first kappa shape index (κ1) is 22.4. The first-order chi connectivity index (χ1) is 16.9. The number of ether oxygens (including phenoxy) is 2. The second-order valence-electron chi connectivity index (χ2n) is 8.09. The Balaban J connectivity index is 1.56. The Morgan fingerprint density at radius 2 is 1.89 bits per heavy atom. The molecule has 5 rings (SSSR count). The number of hydrogen-bond acceptors (Lipinski definition) is 8. The van der Waals surface area contributed by atoms with Crippen molar-refractivity contribution >= 4 is 22.5 Å². The van der Waals surface area contributed by atoms with E-state index in [2.05, 4.69) is 15.5 Å². The Labute approximate surface area is 198 Å². The maximum atomic E-state index is 13.4. The second-order valence-corrected chi connectivity index (χ2v) is 8.09. The lowest BCUT2D eigenvalue weighted by Gasteiger charge is -2.15. The van der Waals surface area contributed by atoms with Crippen LogP contribution >= 0.6 is 0 Å². The zero-order valence-electron chi connectivity index (χ0n) is 19.2. The molecule has 180 valence electrons. The molecule has 11 nitrogen and oxygen atoms in total. The molecule has 0 bridgehead atoms. The monoisotopic (exact) mass is 477 g/mol. The summed E-state index contributed by atoms with van der Waals surface area (Å²) in [6, 6.07) is 10.6. The highest BCUT2D eigenvalue weighted by molar-refractivity contribution is 5.92. The van der Waals surface area contributed by atoms with Gasteiger partial charge in [-0.05, 0) is 31.0 Å². The van der Waals surface area contributed by atoms with Gasteiger partial charge in [-0.2, -0.15) is 4.98 Å². The molecule has 0 fully saturated rings. The number of aryl methyl sites for hydroxylation is 3. The zero-order chi connectivity index (χ0) is 24.5. The fourth-order valence-corrected chi connectivity index (χ4v) is 4.09. The summed E-state index contributed by atoms with van der Waals surface area (Å²) in [7, 11) is 0. The Morgan fingerprint density at radius 1 is 1.11 bits per heavy atom. The lowest BCUT2D eigenvalue weighted by molar-refractivity contribution is -0.116. The van der Waals surface area contributed by atoms with Crippen molar-refractivity contribution in [3.63, 3.8) is 0 Å². The summed E-state index contributed by atoms with van der Waals surface area (Å²) >= 11 is 0. The predicted molar refractivity (Wildman–Crippen MR) is 126 cm³/mol. The van der Waals surface area contributed by atoms with E-state index in [1.807, 2.05) is 31.2 Å². The third-order valence-electron chi connectivity index (χ3n) is 5.81. The fourth-order valence-electron chi connectivity index (χ4n) is 4.09. The number of nitrogens with zero attached hydrogens (tertiary/aromatic N) is 4. The van der Waals surface area contributed by atoms with Gasteiger partial charge >= 0.3 is 5.69 Å². The molecule has 0 atom stereocenters. The summed E-state index contributed by atoms with van der Waals surface area (Å²) in [5.74, 6) is 1.17. The molecule has 2 aromatic carbocycles. The van der Waals surface area contributed by atoms with Crippen molar-refractivity contribution in [3.05, 3.63) is 74.5 Å². The number of nitrogens with one attached hydrogen (secondary N) is 1. The van der Waals surface area contributed by atoms with E-state index in [-0.39, 0.29) is 37.2 Å². The summed E-state index contributed by atoms with van der Waals surface area (Å²) < 4.78 is 18.3. The van der Waals surface area contributed by atoms with Crippen molar-refractivity contribution < 1.29 is 18.8 Å². The highest BCUT2D eigenvalue weighted by atomic mass is 16.7. The maximum absolute atomic E-state index is 13.4. The van der Waals surface area contributed by atoms with E-state index in [9.17, 15) is 14.4 Å². The van der Waals surface area contributed by atoms with Crippen molar-refractivity contribution in [2.75, 3.05) is 12.1 Å². The second kappa shape index (κ2) is 9.09. The number of aromatic nitrogens is 4. The van der Waals surface area contributed by atoms with E-state index in [4.69, 9.17) is 14.0 Å². The molecule has 2 aromatic heterocycles. The highest BCUT2D eigenvalue weighted by Crippen LogP contribution is 2.34. The van der Waals surface area contributed by atoms with Gasteiger partial charge in [0.05, 0.1) is 10.9 Å². The SMILES string of the molecule is CCc1ccccc1NC(=O)Cn1c(=O)n(CCc2nc(C)no2)c(=O)c2cc3c(cc21)OCO3. The normalized spacial score (nSPS) is 12.3. The molecular weight excluding hydrogens is 454 g/mol. The Kier molecular flexibility index (Phi) is 5.81. The van der Waals surface area contributed by atoms with E-state index >= 15 is 0 Å². The topological polar surface area (TPSA) is 130 Å². The number of anilines is 1. The van der Waals surface area contributed by atoms with Gasteiger partial charge in [-0.3, -0.25) is 18.7 Å². The van der Waals surface area contributed by atoms with Gasteiger partial charge in [-0.1, -0.05) is 30.3 Å². The van der Waals surface area contributed by atoms with Crippen LogP contribution < -0.4 is 26.0 Å². The Morgan fingerprint density at radius 3 is 2.63 bits per heavy atom. The molecular formula is C24H23N5O6. The van der Waals surface area contributed by atoms with E-state index in [1.54, 1.807) is 13.0 Å². The molecule has 3 heterocycles. The van der Waals surface area contributed by atoms with Crippen LogP contribution in [0, 0.1) is 6.92 Å². The summed E-state index contributed by atoms with van der Waals surface area (Å²) in [4.78, 5) is 43.9. The van der Waals surface area contributed by atoms with Gasteiger partial charge in [0.2, 0.25) is 18.6 Å². The summed E-state index contributed by atoms with van der Waals surface area (Å²) in [5, 5.41) is 6.84. The number of rotatable bonds is 7. The van der Waals surface area contributed by atoms with Crippen LogP contribution in [0.4, 0.5) is 5.69 Å². The van der Waals surface area contributed by atoms with Crippen molar-refractivity contribution in [2.24, 2.45) is 0 Å². The third kappa shape index (κ3) is 4.27. The van der Waals surface area contributed by atoms with E-state index in [0.717, 1.165) is 16.6 Å². The van der Waals surface area contributed by atoms with Gasteiger partial charge in [0, 0.05) is 24.7 Å². The number of carbonyl (C=O) groups excluding carboxylic acids is 1. The average molecular weight is 477 g/mol. The van der Waals surface area contributed by atoms with Gasteiger partial charge in [0.1, 0.15) is 6.54 Å². The fraction of sp³-hybridized carbons (Fsp3) is 0.292. The molecule has 0 radical (unpaired) electrons. The van der Waals surface area contributed by atoms with Crippen LogP contribution in [0.1, 0.15) is 24.2 Å². The average Bonchev–Trinajstić information content (AvgIpc) is 3.49. The van der Waals surface area contributed by atoms with Crippen LogP contribution in [0.3, 0.4) is 0 Å². The summed E-state index contributed by atoms with van der Waals surface area (Å²) in [6.45, 7) is 3.39.